The van der Waals surface area contributed by atoms with Crippen molar-refractivity contribution in [2.75, 3.05) is 40.3 Å². The van der Waals surface area contributed by atoms with E-state index in [0.29, 0.717) is 48.7 Å². The first-order chi connectivity index (χ1) is 14.2. The second-order valence-corrected chi connectivity index (χ2v) is 9.58. The molecule has 2 aromatic rings. The fraction of sp³-hybridized carbons (Fsp3) is 0.522. The number of nitrogens with one attached hydrogen (secondary N) is 1. The van der Waals surface area contributed by atoms with Crippen molar-refractivity contribution >= 4 is 34.3 Å². The van der Waals surface area contributed by atoms with Crippen molar-refractivity contribution in [1.82, 2.24) is 20.1 Å². The second-order valence-electron chi connectivity index (χ2n) is 9.20. The topological polar surface area (TPSA) is 65.5 Å². The largest absolute Gasteiger partial charge is 0.355 e. The minimum absolute atomic E-state index is 0.0114. The number of pyridine rings is 1. The van der Waals surface area contributed by atoms with E-state index in [4.69, 9.17) is 11.6 Å². The summed E-state index contributed by atoms with van der Waals surface area (Å²) in [6, 6.07) is 9.15. The maximum Gasteiger partial charge on any atom is 0.254 e. The number of para-hydroxylation sites is 1. The van der Waals surface area contributed by atoms with Crippen LogP contribution >= 0.6 is 11.6 Å². The third-order valence-electron chi connectivity index (χ3n) is 5.55. The van der Waals surface area contributed by atoms with Crippen LogP contribution in [0.4, 0.5) is 0 Å². The molecule has 1 aliphatic rings. The van der Waals surface area contributed by atoms with Crippen LogP contribution in [-0.2, 0) is 4.79 Å². The number of piperidine rings is 1. The van der Waals surface area contributed by atoms with E-state index in [9.17, 15) is 9.59 Å². The number of fused-ring (bicyclic) bond motifs is 1. The first kappa shape index (κ1) is 22.5. The van der Waals surface area contributed by atoms with E-state index < -0.39 is 0 Å². The molecule has 7 heteroatoms. The monoisotopic (exact) mass is 430 g/mol. The van der Waals surface area contributed by atoms with Gasteiger partial charge in [-0.2, -0.15) is 0 Å². The summed E-state index contributed by atoms with van der Waals surface area (Å²) in [4.78, 5) is 34.0. The molecule has 1 aromatic carbocycles. The van der Waals surface area contributed by atoms with Gasteiger partial charge in [-0.15, -0.1) is 0 Å². The molecular weight excluding hydrogens is 400 g/mol. The number of amides is 2. The van der Waals surface area contributed by atoms with Gasteiger partial charge in [0.05, 0.1) is 11.1 Å². The average molecular weight is 431 g/mol. The van der Waals surface area contributed by atoms with Crippen LogP contribution in [0.1, 0.15) is 37.0 Å². The van der Waals surface area contributed by atoms with Crippen LogP contribution in [0, 0.1) is 11.3 Å². The highest BCUT2D eigenvalue weighted by Crippen LogP contribution is 2.25. The van der Waals surface area contributed by atoms with Crippen molar-refractivity contribution in [2.45, 2.75) is 26.7 Å². The van der Waals surface area contributed by atoms with Crippen LogP contribution in [0.2, 0.25) is 5.15 Å². The highest BCUT2D eigenvalue weighted by atomic mass is 35.5. The van der Waals surface area contributed by atoms with E-state index in [2.05, 4.69) is 29.0 Å². The van der Waals surface area contributed by atoms with Crippen LogP contribution in [0.25, 0.3) is 10.9 Å². The summed E-state index contributed by atoms with van der Waals surface area (Å²) in [7, 11) is 4.07. The molecule has 2 amide bonds. The van der Waals surface area contributed by atoms with Gasteiger partial charge in [0.25, 0.3) is 5.91 Å². The van der Waals surface area contributed by atoms with Gasteiger partial charge < -0.3 is 15.1 Å². The first-order valence-electron chi connectivity index (χ1n) is 10.4. The van der Waals surface area contributed by atoms with E-state index in [0.717, 1.165) is 11.9 Å². The van der Waals surface area contributed by atoms with Crippen LogP contribution in [0.15, 0.2) is 30.3 Å². The summed E-state index contributed by atoms with van der Waals surface area (Å²) in [5, 5.41) is 4.22. The van der Waals surface area contributed by atoms with Crippen LogP contribution in [0.5, 0.6) is 0 Å². The van der Waals surface area contributed by atoms with Gasteiger partial charge in [-0.3, -0.25) is 9.59 Å². The Morgan fingerprint density at radius 2 is 1.90 bits per heavy atom. The lowest BCUT2D eigenvalue weighted by Gasteiger charge is -2.33. The SMILES string of the molecule is CN(C)CC(C)(C)CNC(=O)C1CCN(C(=O)c2cc(Cl)nc3ccccc23)CC1. The Kier molecular flexibility index (Phi) is 6.98. The van der Waals surface area contributed by atoms with Crippen molar-refractivity contribution in [3.05, 3.63) is 41.0 Å². The maximum atomic E-state index is 13.1. The summed E-state index contributed by atoms with van der Waals surface area (Å²) in [5.74, 6) is -0.0187. The number of rotatable bonds is 6. The zero-order valence-electron chi connectivity index (χ0n) is 18.2. The summed E-state index contributed by atoms with van der Waals surface area (Å²) in [6.45, 7) is 6.98. The molecule has 0 radical (unpaired) electrons. The molecule has 30 heavy (non-hydrogen) atoms. The van der Waals surface area contributed by atoms with E-state index in [1.165, 1.54) is 0 Å². The van der Waals surface area contributed by atoms with Gasteiger partial charge in [0, 0.05) is 37.5 Å². The molecule has 1 saturated heterocycles. The molecular formula is C23H31ClN4O2. The first-order valence-corrected chi connectivity index (χ1v) is 10.8. The number of halogens is 1. The number of aromatic nitrogens is 1. The second kappa shape index (κ2) is 9.31. The van der Waals surface area contributed by atoms with Gasteiger partial charge in [-0.25, -0.2) is 4.98 Å². The lowest BCUT2D eigenvalue weighted by atomic mass is 9.91. The molecule has 1 N–H and O–H groups in total. The molecule has 3 rings (SSSR count). The zero-order chi connectivity index (χ0) is 21.9. The molecule has 162 valence electrons. The van der Waals surface area contributed by atoms with Crippen LogP contribution in [-0.4, -0.2) is 66.9 Å². The molecule has 0 spiro atoms. The lowest BCUT2D eigenvalue weighted by Crippen LogP contribution is -2.46. The number of benzene rings is 1. The molecule has 1 fully saturated rings. The standard InChI is InChI=1S/C23H31ClN4O2/c1-23(2,15-27(3)4)14-25-21(29)16-9-11-28(12-10-16)22(30)18-13-20(24)26-19-8-6-5-7-17(18)19/h5-8,13,16H,9-12,14-15H2,1-4H3,(H,25,29). The molecule has 0 aliphatic carbocycles. The van der Waals surface area contributed by atoms with Crippen molar-refractivity contribution in [2.24, 2.45) is 11.3 Å². The van der Waals surface area contributed by atoms with Crippen LogP contribution < -0.4 is 5.32 Å². The third-order valence-corrected chi connectivity index (χ3v) is 5.75. The third kappa shape index (κ3) is 5.49. The predicted molar refractivity (Wildman–Crippen MR) is 121 cm³/mol. The van der Waals surface area contributed by atoms with Gasteiger partial charge >= 0.3 is 0 Å². The Labute approximate surface area is 183 Å². The molecule has 0 saturated carbocycles. The highest BCUT2D eigenvalue weighted by molar-refractivity contribution is 6.30. The van der Waals surface area contributed by atoms with E-state index in [1.54, 1.807) is 6.07 Å². The molecule has 6 nitrogen and oxygen atoms in total. The molecule has 0 atom stereocenters. The van der Waals surface area contributed by atoms with Gasteiger partial charge in [0.2, 0.25) is 5.91 Å². The van der Waals surface area contributed by atoms with Crippen molar-refractivity contribution in [1.29, 1.82) is 0 Å². The van der Waals surface area contributed by atoms with Gasteiger partial charge in [0.15, 0.2) is 0 Å². The maximum absolute atomic E-state index is 13.1. The summed E-state index contributed by atoms with van der Waals surface area (Å²) >= 11 is 6.14. The number of hydrogen-bond acceptors (Lipinski definition) is 4. The summed E-state index contributed by atoms with van der Waals surface area (Å²) in [5.41, 5.74) is 1.29. The highest BCUT2D eigenvalue weighted by Gasteiger charge is 2.29. The van der Waals surface area contributed by atoms with Crippen molar-refractivity contribution in [3.63, 3.8) is 0 Å². The normalized spacial score (nSPS) is 15.6. The van der Waals surface area contributed by atoms with E-state index in [1.807, 2.05) is 43.3 Å². The smallest absolute Gasteiger partial charge is 0.254 e. The summed E-state index contributed by atoms with van der Waals surface area (Å²) < 4.78 is 0. The fourth-order valence-electron chi connectivity index (χ4n) is 4.22. The van der Waals surface area contributed by atoms with Gasteiger partial charge in [-0.05, 0) is 44.5 Å². The fourth-order valence-corrected chi connectivity index (χ4v) is 4.42. The molecule has 0 unspecified atom stereocenters. The quantitative estimate of drug-likeness (QED) is 0.713. The molecule has 2 heterocycles. The zero-order valence-corrected chi connectivity index (χ0v) is 19.0. The van der Waals surface area contributed by atoms with E-state index in [-0.39, 0.29) is 23.1 Å². The molecule has 1 aliphatic heterocycles. The Hall–Kier alpha value is -2.18. The van der Waals surface area contributed by atoms with Gasteiger partial charge in [0.1, 0.15) is 5.15 Å². The Bertz CT molecular complexity index is 921. The lowest BCUT2D eigenvalue weighted by molar-refractivity contribution is -0.126. The number of carbonyl (C=O) groups is 2. The molecule has 1 aromatic heterocycles. The van der Waals surface area contributed by atoms with Crippen LogP contribution in [0.3, 0.4) is 0 Å². The number of hydrogen-bond donors (Lipinski definition) is 1. The predicted octanol–water partition coefficient (Wildman–Crippen LogP) is 3.44. The summed E-state index contributed by atoms with van der Waals surface area (Å²) in [6.07, 6.45) is 1.34. The number of likely N-dealkylation sites (tertiary alicyclic amines) is 1. The average Bonchev–Trinajstić information content (AvgIpc) is 2.70. The van der Waals surface area contributed by atoms with E-state index >= 15 is 0 Å². The van der Waals surface area contributed by atoms with Crippen molar-refractivity contribution < 1.29 is 9.59 Å². The Balaban J connectivity index is 1.59. The minimum atomic E-state index is -0.0542. The Morgan fingerprint density at radius 3 is 2.57 bits per heavy atom. The number of nitrogens with zero attached hydrogens (tertiary/aromatic N) is 3. The van der Waals surface area contributed by atoms with Crippen molar-refractivity contribution in [3.8, 4) is 0 Å². The molecule has 0 bridgehead atoms. The van der Waals surface area contributed by atoms with Gasteiger partial charge in [-0.1, -0.05) is 43.6 Å². The number of carbonyl (C=O) groups excluding carboxylic acids is 2. The minimum Gasteiger partial charge on any atom is -0.355 e. The Morgan fingerprint density at radius 1 is 1.23 bits per heavy atom.